The summed E-state index contributed by atoms with van der Waals surface area (Å²) in [6, 6.07) is 18.0. The summed E-state index contributed by atoms with van der Waals surface area (Å²) in [5.41, 5.74) is 2.96. The monoisotopic (exact) mass is 346 g/mol. The van der Waals surface area contributed by atoms with Gasteiger partial charge in [-0.2, -0.15) is 5.10 Å². The van der Waals surface area contributed by atoms with E-state index in [-0.39, 0.29) is 5.56 Å². The van der Waals surface area contributed by atoms with E-state index >= 15 is 0 Å². The van der Waals surface area contributed by atoms with Crippen LogP contribution in [-0.2, 0) is 13.1 Å². The second-order valence-electron chi connectivity index (χ2n) is 6.73. The molecule has 0 spiro atoms. The van der Waals surface area contributed by atoms with Crippen LogP contribution in [0.25, 0.3) is 11.3 Å². The SMILES string of the molecule is O=c1ccc(-c2cccnc2)nn1CC1CCCN1Cc1ccccc1. The molecule has 1 atom stereocenters. The molecule has 26 heavy (non-hydrogen) atoms. The molecule has 0 bridgehead atoms. The molecule has 1 aliphatic rings. The van der Waals surface area contributed by atoms with Crippen LogP contribution in [0.15, 0.2) is 71.8 Å². The Morgan fingerprint density at radius 3 is 2.73 bits per heavy atom. The van der Waals surface area contributed by atoms with Crippen molar-refractivity contribution in [3.05, 3.63) is 82.9 Å². The van der Waals surface area contributed by atoms with Crippen LogP contribution < -0.4 is 5.56 Å². The maximum Gasteiger partial charge on any atom is 0.266 e. The zero-order valence-electron chi connectivity index (χ0n) is 14.7. The molecule has 1 fully saturated rings. The van der Waals surface area contributed by atoms with E-state index in [4.69, 9.17) is 0 Å². The predicted molar refractivity (Wildman–Crippen MR) is 102 cm³/mol. The van der Waals surface area contributed by atoms with E-state index in [2.05, 4.69) is 39.2 Å². The fraction of sp³-hybridized carbons (Fsp3) is 0.286. The van der Waals surface area contributed by atoms with Crippen molar-refractivity contribution in [2.45, 2.75) is 32.0 Å². The fourth-order valence-corrected chi connectivity index (χ4v) is 3.58. The van der Waals surface area contributed by atoms with Crippen LogP contribution in [0.1, 0.15) is 18.4 Å². The molecule has 4 rings (SSSR count). The molecule has 0 amide bonds. The molecular weight excluding hydrogens is 324 g/mol. The third kappa shape index (κ3) is 3.73. The van der Waals surface area contributed by atoms with Crippen LogP contribution in [0.4, 0.5) is 0 Å². The average molecular weight is 346 g/mol. The lowest BCUT2D eigenvalue weighted by atomic mass is 10.2. The summed E-state index contributed by atoms with van der Waals surface area (Å²) < 4.78 is 1.61. The van der Waals surface area contributed by atoms with Gasteiger partial charge in [-0.3, -0.25) is 14.7 Å². The topological polar surface area (TPSA) is 51.0 Å². The van der Waals surface area contributed by atoms with Crippen LogP contribution in [0.3, 0.4) is 0 Å². The van der Waals surface area contributed by atoms with Gasteiger partial charge in [-0.25, -0.2) is 4.68 Å². The molecule has 0 aliphatic carbocycles. The van der Waals surface area contributed by atoms with Gasteiger partial charge < -0.3 is 0 Å². The maximum atomic E-state index is 12.3. The highest BCUT2D eigenvalue weighted by atomic mass is 16.1. The van der Waals surface area contributed by atoms with Gasteiger partial charge in [-0.05, 0) is 43.1 Å². The van der Waals surface area contributed by atoms with E-state index in [0.717, 1.165) is 37.2 Å². The molecule has 132 valence electrons. The van der Waals surface area contributed by atoms with Crippen LogP contribution in [0.2, 0.25) is 0 Å². The first kappa shape index (κ1) is 16.7. The summed E-state index contributed by atoms with van der Waals surface area (Å²) in [5, 5.41) is 4.59. The first-order valence-electron chi connectivity index (χ1n) is 9.06. The maximum absolute atomic E-state index is 12.3. The number of rotatable bonds is 5. The summed E-state index contributed by atoms with van der Waals surface area (Å²) in [6.07, 6.45) is 5.76. The molecule has 0 radical (unpaired) electrons. The second-order valence-corrected chi connectivity index (χ2v) is 6.73. The Morgan fingerprint density at radius 2 is 1.92 bits per heavy atom. The first-order valence-corrected chi connectivity index (χ1v) is 9.06. The second kappa shape index (κ2) is 7.62. The summed E-state index contributed by atoms with van der Waals surface area (Å²) in [5.74, 6) is 0. The van der Waals surface area contributed by atoms with Gasteiger partial charge in [0, 0.05) is 36.6 Å². The highest BCUT2D eigenvalue weighted by Crippen LogP contribution is 2.21. The smallest absolute Gasteiger partial charge is 0.266 e. The minimum absolute atomic E-state index is 0.0517. The Morgan fingerprint density at radius 1 is 1.04 bits per heavy atom. The Kier molecular flexibility index (Phi) is 4.88. The van der Waals surface area contributed by atoms with Crippen LogP contribution >= 0.6 is 0 Å². The van der Waals surface area contributed by atoms with Gasteiger partial charge in [0.25, 0.3) is 5.56 Å². The van der Waals surface area contributed by atoms with Crippen molar-refractivity contribution in [3.63, 3.8) is 0 Å². The predicted octanol–water partition coefficient (Wildman–Crippen LogP) is 2.97. The van der Waals surface area contributed by atoms with Crippen molar-refractivity contribution in [3.8, 4) is 11.3 Å². The van der Waals surface area contributed by atoms with Crippen molar-refractivity contribution in [2.75, 3.05) is 6.54 Å². The molecule has 3 aromatic rings. The molecule has 5 heteroatoms. The van der Waals surface area contributed by atoms with Crippen LogP contribution in [-0.4, -0.2) is 32.3 Å². The van der Waals surface area contributed by atoms with Gasteiger partial charge in [0.2, 0.25) is 0 Å². The number of hydrogen-bond acceptors (Lipinski definition) is 4. The lowest BCUT2D eigenvalue weighted by Crippen LogP contribution is -2.36. The standard InChI is InChI=1S/C21H22N4O/c26-21-11-10-20(18-8-4-12-22-14-18)23-25(21)16-19-9-5-13-24(19)15-17-6-2-1-3-7-17/h1-4,6-8,10-12,14,19H,5,9,13,15-16H2. The average Bonchev–Trinajstić information content (AvgIpc) is 3.12. The minimum atomic E-state index is -0.0517. The molecule has 1 saturated heterocycles. The molecule has 3 heterocycles. The number of aromatic nitrogens is 3. The quantitative estimate of drug-likeness (QED) is 0.713. The Labute approximate surface area is 152 Å². The number of benzene rings is 1. The van der Waals surface area contributed by atoms with Crippen molar-refractivity contribution in [1.82, 2.24) is 19.7 Å². The molecule has 0 saturated carbocycles. The Balaban J connectivity index is 1.53. The molecule has 5 nitrogen and oxygen atoms in total. The third-order valence-corrected chi connectivity index (χ3v) is 4.94. The summed E-state index contributed by atoms with van der Waals surface area (Å²) in [6.45, 7) is 2.61. The Bertz CT molecular complexity index is 908. The number of hydrogen-bond donors (Lipinski definition) is 0. The first-order chi connectivity index (χ1) is 12.8. The van der Waals surface area contributed by atoms with E-state index < -0.39 is 0 Å². The van der Waals surface area contributed by atoms with E-state index in [9.17, 15) is 4.79 Å². The van der Waals surface area contributed by atoms with Crippen LogP contribution in [0, 0.1) is 0 Å². The molecule has 1 unspecified atom stereocenters. The third-order valence-electron chi connectivity index (χ3n) is 4.94. The molecule has 1 aromatic carbocycles. The summed E-state index contributed by atoms with van der Waals surface area (Å²) >= 11 is 0. The van der Waals surface area contributed by atoms with Gasteiger partial charge in [0.15, 0.2) is 0 Å². The lowest BCUT2D eigenvalue weighted by molar-refractivity contribution is 0.217. The van der Waals surface area contributed by atoms with Crippen LogP contribution in [0.5, 0.6) is 0 Å². The largest absolute Gasteiger partial charge is 0.294 e. The molecule has 1 aliphatic heterocycles. The van der Waals surface area contributed by atoms with E-state index in [1.54, 1.807) is 29.2 Å². The fourth-order valence-electron chi connectivity index (χ4n) is 3.58. The number of nitrogens with zero attached hydrogens (tertiary/aromatic N) is 4. The van der Waals surface area contributed by atoms with Gasteiger partial charge in [-0.1, -0.05) is 30.3 Å². The van der Waals surface area contributed by atoms with Gasteiger partial charge in [0.05, 0.1) is 12.2 Å². The number of pyridine rings is 1. The summed E-state index contributed by atoms with van der Waals surface area (Å²) in [7, 11) is 0. The van der Waals surface area contributed by atoms with Gasteiger partial charge in [-0.15, -0.1) is 0 Å². The highest BCUT2D eigenvalue weighted by Gasteiger charge is 2.25. The van der Waals surface area contributed by atoms with Crippen molar-refractivity contribution in [2.24, 2.45) is 0 Å². The summed E-state index contributed by atoms with van der Waals surface area (Å²) in [4.78, 5) is 18.9. The molecule has 0 N–H and O–H groups in total. The van der Waals surface area contributed by atoms with Crippen molar-refractivity contribution in [1.29, 1.82) is 0 Å². The highest BCUT2D eigenvalue weighted by molar-refractivity contribution is 5.56. The van der Waals surface area contributed by atoms with E-state index in [1.807, 2.05) is 18.2 Å². The van der Waals surface area contributed by atoms with Gasteiger partial charge in [0.1, 0.15) is 0 Å². The zero-order valence-corrected chi connectivity index (χ0v) is 14.7. The Hall–Kier alpha value is -2.79. The van der Waals surface area contributed by atoms with Crippen molar-refractivity contribution >= 4 is 0 Å². The van der Waals surface area contributed by atoms with E-state index in [0.29, 0.717) is 12.6 Å². The lowest BCUT2D eigenvalue weighted by Gasteiger charge is -2.24. The number of likely N-dealkylation sites (tertiary alicyclic amines) is 1. The minimum Gasteiger partial charge on any atom is -0.294 e. The van der Waals surface area contributed by atoms with Crippen molar-refractivity contribution < 1.29 is 0 Å². The normalized spacial score (nSPS) is 17.5. The molecule has 2 aromatic heterocycles. The van der Waals surface area contributed by atoms with Gasteiger partial charge >= 0.3 is 0 Å². The molecular formula is C21H22N4O. The zero-order chi connectivity index (χ0) is 17.8. The van der Waals surface area contributed by atoms with E-state index in [1.165, 1.54) is 5.56 Å².